The van der Waals surface area contributed by atoms with Crippen molar-refractivity contribution in [2.75, 3.05) is 27.3 Å². The minimum Gasteiger partial charge on any atom is -0.497 e. The molecule has 8 nitrogen and oxygen atoms in total. The van der Waals surface area contributed by atoms with Crippen LogP contribution in [0.4, 0.5) is 0 Å². The first-order chi connectivity index (χ1) is 16.1. The Kier molecular flexibility index (Phi) is 6.34. The molecule has 2 aliphatic rings. The summed E-state index contributed by atoms with van der Waals surface area (Å²) in [6, 6.07) is 13.6. The zero-order valence-electron chi connectivity index (χ0n) is 18.7. The zero-order chi connectivity index (χ0) is 22.8. The van der Waals surface area contributed by atoms with Crippen molar-refractivity contribution in [1.82, 2.24) is 20.7 Å². The lowest BCUT2D eigenvalue weighted by molar-refractivity contribution is -0.135. The minimum atomic E-state index is -0.238. The van der Waals surface area contributed by atoms with Gasteiger partial charge in [0, 0.05) is 32.0 Å². The molecule has 3 aromatic rings. The van der Waals surface area contributed by atoms with Crippen molar-refractivity contribution in [2.24, 2.45) is 0 Å². The van der Waals surface area contributed by atoms with Crippen LogP contribution in [0, 0.1) is 0 Å². The quantitative estimate of drug-likeness (QED) is 0.574. The molecule has 2 N–H and O–H groups in total. The number of carbonyl (C=O) groups excluding carboxylic acids is 1. The molecule has 2 aliphatic heterocycles. The van der Waals surface area contributed by atoms with E-state index in [9.17, 15) is 4.79 Å². The molecule has 2 unspecified atom stereocenters. The highest BCUT2D eigenvalue weighted by Gasteiger charge is 2.35. The fourth-order valence-electron chi connectivity index (χ4n) is 4.41. The van der Waals surface area contributed by atoms with Gasteiger partial charge in [0.1, 0.15) is 23.6 Å². The van der Waals surface area contributed by atoms with E-state index in [2.05, 4.69) is 21.9 Å². The van der Waals surface area contributed by atoms with Crippen molar-refractivity contribution in [1.29, 1.82) is 0 Å². The molecular weight excluding hydrogens is 440 g/mol. The standard InChI is InChI=1S/C24H28N4O4S/c1-30-17-5-3-4-15(12-17)20-14-21(27-26-20)23(29)28-10-8-16(9-11-28)32-24-25-19-7-6-18(31-2)13-22(19)33-24/h3-7,12-13,16,20-21,26-27H,8-11,14H2,1-2H3. The summed E-state index contributed by atoms with van der Waals surface area (Å²) in [4.78, 5) is 19.6. The average molecular weight is 469 g/mol. The normalized spacial score (nSPS) is 21.3. The SMILES string of the molecule is COc1cccc(C2CC(C(=O)N3CCC(Oc4nc5ccc(OC)cc5s4)CC3)NN2)c1. The third kappa shape index (κ3) is 4.75. The molecular formula is C24H28N4O4S. The van der Waals surface area contributed by atoms with Crippen molar-refractivity contribution in [3.8, 4) is 16.7 Å². The van der Waals surface area contributed by atoms with E-state index < -0.39 is 0 Å². The van der Waals surface area contributed by atoms with Crippen LogP contribution >= 0.6 is 11.3 Å². The molecule has 33 heavy (non-hydrogen) atoms. The van der Waals surface area contributed by atoms with Crippen LogP contribution in [0.1, 0.15) is 30.9 Å². The monoisotopic (exact) mass is 468 g/mol. The number of nitrogens with one attached hydrogen (secondary N) is 2. The fourth-order valence-corrected chi connectivity index (χ4v) is 5.32. The summed E-state index contributed by atoms with van der Waals surface area (Å²) in [5.74, 6) is 1.77. The molecule has 1 amide bonds. The van der Waals surface area contributed by atoms with Crippen LogP contribution in [0.5, 0.6) is 16.7 Å². The number of hydrazine groups is 1. The lowest BCUT2D eigenvalue weighted by Crippen LogP contribution is -2.49. The molecule has 5 rings (SSSR count). The van der Waals surface area contributed by atoms with Crippen LogP contribution in [-0.2, 0) is 4.79 Å². The maximum Gasteiger partial charge on any atom is 0.274 e. The fraction of sp³-hybridized carbons (Fsp3) is 0.417. The first kappa shape index (κ1) is 21.9. The molecule has 2 fully saturated rings. The Balaban J connectivity index is 1.14. The number of nitrogens with zero attached hydrogens (tertiary/aromatic N) is 2. The zero-order valence-corrected chi connectivity index (χ0v) is 19.6. The summed E-state index contributed by atoms with van der Waals surface area (Å²) >= 11 is 1.53. The van der Waals surface area contributed by atoms with E-state index in [0.29, 0.717) is 24.7 Å². The summed E-state index contributed by atoms with van der Waals surface area (Å²) in [6.07, 6.45) is 2.36. The number of methoxy groups -OCH3 is 2. The first-order valence-electron chi connectivity index (χ1n) is 11.2. The smallest absolute Gasteiger partial charge is 0.274 e. The molecule has 0 radical (unpaired) electrons. The second-order valence-electron chi connectivity index (χ2n) is 8.36. The summed E-state index contributed by atoms with van der Waals surface area (Å²) in [6.45, 7) is 1.37. The van der Waals surface area contributed by atoms with Crippen LogP contribution in [-0.4, -0.2) is 55.2 Å². The van der Waals surface area contributed by atoms with Gasteiger partial charge in [-0.15, -0.1) is 0 Å². The highest BCUT2D eigenvalue weighted by atomic mass is 32.1. The molecule has 0 spiro atoms. The number of amides is 1. The third-order valence-corrected chi connectivity index (χ3v) is 7.20. The van der Waals surface area contributed by atoms with Crippen LogP contribution < -0.4 is 25.1 Å². The Bertz CT molecular complexity index is 1130. The summed E-state index contributed by atoms with van der Waals surface area (Å²) in [5, 5.41) is 0.672. The van der Waals surface area contributed by atoms with Crippen molar-refractivity contribution in [2.45, 2.75) is 37.5 Å². The van der Waals surface area contributed by atoms with Crippen molar-refractivity contribution < 1.29 is 19.0 Å². The Morgan fingerprint density at radius 3 is 2.64 bits per heavy atom. The van der Waals surface area contributed by atoms with Gasteiger partial charge in [0.05, 0.1) is 24.4 Å². The van der Waals surface area contributed by atoms with Gasteiger partial charge < -0.3 is 19.1 Å². The Labute approximate surface area is 196 Å². The average Bonchev–Trinajstić information content (AvgIpc) is 3.50. The summed E-state index contributed by atoms with van der Waals surface area (Å²) in [5.41, 5.74) is 8.47. The van der Waals surface area contributed by atoms with Crippen LogP contribution in [0.15, 0.2) is 42.5 Å². The second-order valence-corrected chi connectivity index (χ2v) is 9.36. The van der Waals surface area contributed by atoms with Crippen LogP contribution in [0.3, 0.4) is 0 Å². The van der Waals surface area contributed by atoms with Crippen LogP contribution in [0.25, 0.3) is 10.2 Å². The number of aromatic nitrogens is 1. The number of piperidine rings is 1. The molecule has 174 valence electrons. The van der Waals surface area contributed by atoms with E-state index in [-0.39, 0.29) is 24.1 Å². The number of hydrogen-bond acceptors (Lipinski definition) is 8. The highest BCUT2D eigenvalue weighted by molar-refractivity contribution is 7.20. The Hall–Kier alpha value is -2.88. The van der Waals surface area contributed by atoms with E-state index in [1.165, 1.54) is 11.3 Å². The van der Waals surface area contributed by atoms with E-state index in [4.69, 9.17) is 14.2 Å². The van der Waals surface area contributed by atoms with Crippen LogP contribution in [0.2, 0.25) is 0 Å². The van der Waals surface area contributed by atoms with E-state index in [1.54, 1.807) is 14.2 Å². The van der Waals surface area contributed by atoms with Gasteiger partial charge in [0.15, 0.2) is 0 Å². The lowest BCUT2D eigenvalue weighted by atomic mass is 10.00. The molecule has 0 bridgehead atoms. The largest absolute Gasteiger partial charge is 0.497 e. The van der Waals surface area contributed by atoms with Gasteiger partial charge in [0.25, 0.3) is 5.19 Å². The lowest BCUT2D eigenvalue weighted by Gasteiger charge is -2.33. The predicted octanol–water partition coefficient (Wildman–Crippen LogP) is 3.29. The number of rotatable bonds is 6. The molecule has 2 atom stereocenters. The Morgan fingerprint density at radius 1 is 1.06 bits per heavy atom. The van der Waals surface area contributed by atoms with E-state index in [1.807, 2.05) is 41.3 Å². The summed E-state index contributed by atoms with van der Waals surface area (Å²) < 4.78 is 17.8. The molecule has 9 heteroatoms. The van der Waals surface area contributed by atoms with Crippen molar-refractivity contribution in [3.63, 3.8) is 0 Å². The van der Waals surface area contributed by atoms with Gasteiger partial charge in [-0.2, -0.15) is 0 Å². The highest BCUT2D eigenvalue weighted by Crippen LogP contribution is 2.32. The number of benzene rings is 2. The maximum absolute atomic E-state index is 13.1. The van der Waals surface area contributed by atoms with Gasteiger partial charge in [-0.05, 0) is 42.3 Å². The number of carbonyl (C=O) groups is 1. The van der Waals surface area contributed by atoms with Gasteiger partial charge in [-0.1, -0.05) is 23.5 Å². The summed E-state index contributed by atoms with van der Waals surface area (Å²) in [7, 11) is 3.32. The van der Waals surface area contributed by atoms with Gasteiger partial charge >= 0.3 is 0 Å². The van der Waals surface area contributed by atoms with E-state index in [0.717, 1.165) is 40.1 Å². The third-order valence-electron chi connectivity index (χ3n) is 6.29. The second kappa shape index (κ2) is 9.54. The Morgan fingerprint density at radius 2 is 1.85 bits per heavy atom. The molecule has 2 saturated heterocycles. The molecule has 1 aromatic heterocycles. The van der Waals surface area contributed by atoms with Crippen molar-refractivity contribution in [3.05, 3.63) is 48.0 Å². The number of ether oxygens (including phenoxy) is 3. The molecule has 0 saturated carbocycles. The van der Waals surface area contributed by atoms with Gasteiger partial charge in [-0.3, -0.25) is 4.79 Å². The van der Waals surface area contributed by atoms with Crippen molar-refractivity contribution >= 4 is 27.5 Å². The molecule has 0 aliphatic carbocycles. The topological polar surface area (TPSA) is 85.0 Å². The maximum atomic E-state index is 13.1. The number of thiazole rings is 1. The van der Waals surface area contributed by atoms with E-state index >= 15 is 0 Å². The van der Waals surface area contributed by atoms with Gasteiger partial charge in [0.2, 0.25) is 5.91 Å². The molecule has 3 heterocycles. The van der Waals surface area contributed by atoms with Gasteiger partial charge in [-0.25, -0.2) is 15.8 Å². The number of hydrogen-bond donors (Lipinski definition) is 2. The minimum absolute atomic E-state index is 0.0655. The number of likely N-dealkylation sites (tertiary alicyclic amines) is 1. The first-order valence-corrected chi connectivity index (χ1v) is 12.0. The molecule has 2 aromatic carbocycles. The predicted molar refractivity (Wildman–Crippen MR) is 127 cm³/mol. The number of fused-ring (bicyclic) bond motifs is 1.